The van der Waals surface area contributed by atoms with Crippen LogP contribution in [0.3, 0.4) is 0 Å². The molecule has 1 aromatic rings. The van der Waals surface area contributed by atoms with E-state index in [1.165, 1.54) is 0 Å². The molecule has 0 aromatic heterocycles. The summed E-state index contributed by atoms with van der Waals surface area (Å²) in [5.74, 6) is 0.0682. The second-order valence-electron chi connectivity index (χ2n) is 4.82. The Morgan fingerprint density at radius 2 is 1.76 bits per heavy atom. The Morgan fingerprint density at radius 1 is 1.00 bits per heavy atom. The summed E-state index contributed by atoms with van der Waals surface area (Å²) < 4.78 is 5.50. The van der Waals surface area contributed by atoms with Crippen molar-refractivity contribution in [1.82, 2.24) is 5.32 Å². The lowest BCUT2D eigenvalue weighted by atomic mass is 10.2. The Bertz CT molecular complexity index is 420. The third-order valence-electron chi connectivity index (χ3n) is 2.95. The fourth-order valence-electron chi connectivity index (χ4n) is 1.83. The summed E-state index contributed by atoms with van der Waals surface area (Å²) in [6, 6.07) is 9.52. The predicted octanol–water partition coefficient (Wildman–Crippen LogP) is 2.61. The predicted molar refractivity (Wildman–Crippen MR) is 80.3 cm³/mol. The molecule has 1 rings (SSSR count). The zero-order valence-corrected chi connectivity index (χ0v) is 12.2. The number of hydrogen-bond acceptors (Lipinski definition) is 3. The minimum absolute atomic E-state index is 0.0184. The van der Waals surface area contributed by atoms with Crippen LogP contribution in [0.2, 0.25) is 0 Å². The van der Waals surface area contributed by atoms with Crippen molar-refractivity contribution < 1.29 is 19.4 Å². The highest BCUT2D eigenvalue weighted by Crippen LogP contribution is 2.08. The van der Waals surface area contributed by atoms with Crippen molar-refractivity contribution in [2.45, 2.75) is 38.5 Å². The number of ether oxygens (including phenoxy) is 1. The third kappa shape index (κ3) is 9.49. The van der Waals surface area contributed by atoms with E-state index in [2.05, 4.69) is 5.32 Å². The van der Waals surface area contributed by atoms with Crippen molar-refractivity contribution in [2.24, 2.45) is 0 Å². The van der Waals surface area contributed by atoms with E-state index in [1.54, 1.807) is 0 Å². The molecule has 0 aliphatic heterocycles. The van der Waals surface area contributed by atoms with Crippen molar-refractivity contribution >= 4 is 11.9 Å². The van der Waals surface area contributed by atoms with E-state index in [0.29, 0.717) is 32.4 Å². The smallest absolute Gasteiger partial charge is 0.303 e. The Kier molecular flexibility index (Phi) is 8.68. The summed E-state index contributed by atoms with van der Waals surface area (Å²) in [5.41, 5.74) is 0. The summed E-state index contributed by atoms with van der Waals surface area (Å²) in [4.78, 5) is 21.8. The van der Waals surface area contributed by atoms with Crippen molar-refractivity contribution in [2.75, 3.05) is 13.2 Å². The fourth-order valence-corrected chi connectivity index (χ4v) is 1.83. The van der Waals surface area contributed by atoms with Gasteiger partial charge in [-0.2, -0.15) is 0 Å². The van der Waals surface area contributed by atoms with E-state index < -0.39 is 5.97 Å². The van der Waals surface area contributed by atoms with Crippen LogP contribution in [0.15, 0.2) is 30.3 Å². The van der Waals surface area contributed by atoms with Gasteiger partial charge in [-0.05, 0) is 31.4 Å². The number of unbranched alkanes of at least 4 members (excludes halogenated alkanes) is 2. The van der Waals surface area contributed by atoms with Gasteiger partial charge in [-0.15, -0.1) is 0 Å². The van der Waals surface area contributed by atoms with Gasteiger partial charge in [0.05, 0.1) is 6.61 Å². The van der Waals surface area contributed by atoms with Crippen molar-refractivity contribution in [3.05, 3.63) is 30.3 Å². The van der Waals surface area contributed by atoms with Crippen molar-refractivity contribution in [1.29, 1.82) is 0 Å². The first-order chi connectivity index (χ1) is 10.2. The van der Waals surface area contributed by atoms with E-state index >= 15 is 0 Å². The van der Waals surface area contributed by atoms with E-state index in [4.69, 9.17) is 9.84 Å². The quantitative estimate of drug-likeness (QED) is 0.615. The summed E-state index contributed by atoms with van der Waals surface area (Å²) in [6.07, 6.45) is 3.63. The average Bonchev–Trinajstić information content (AvgIpc) is 2.48. The topological polar surface area (TPSA) is 75.6 Å². The van der Waals surface area contributed by atoms with E-state index in [0.717, 1.165) is 18.6 Å². The molecule has 5 nitrogen and oxygen atoms in total. The number of benzene rings is 1. The summed E-state index contributed by atoms with van der Waals surface area (Å²) in [7, 11) is 0. The molecule has 21 heavy (non-hydrogen) atoms. The van der Waals surface area contributed by atoms with Gasteiger partial charge in [0, 0.05) is 19.4 Å². The lowest BCUT2D eigenvalue weighted by molar-refractivity contribution is -0.137. The standard InChI is InChI=1S/C16H23NO4/c18-15(17-12-6-2-5-11-16(19)20)10-7-13-21-14-8-3-1-4-9-14/h1,3-4,8-9H,2,5-7,10-13H2,(H,17,18)(H,19,20). The van der Waals surface area contributed by atoms with E-state index in [-0.39, 0.29) is 12.3 Å². The molecule has 0 heterocycles. The molecule has 1 amide bonds. The molecule has 0 aliphatic carbocycles. The highest BCUT2D eigenvalue weighted by Gasteiger charge is 2.01. The van der Waals surface area contributed by atoms with Gasteiger partial charge >= 0.3 is 5.97 Å². The number of carbonyl (C=O) groups is 2. The molecule has 0 fully saturated rings. The molecule has 0 radical (unpaired) electrons. The summed E-state index contributed by atoms with van der Waals surface area (Å²) in [6.45, 7) is 1.13. The lowest BCUT2D eigenvalue weighted by Crippen LogP contribution is -2.24. The van der Waals surface area contributed by atoms with Gasteiger partial charge in [-0.25, -0.2) is 0 Å². The maximum atomic E-state index is 11.5. The van der Waals surface area contributed by atoms with E-state index in [9.17, 15) is 9.59 Å². The Labute approximate surface area is 125 Å². The average molecular weight is 293 g/mol. The van der Waals surface area contributed by atoms with Gasteiger partial charge in [-0.1, -0.05) is 24.6 Å². The minimum atomic E-state index is -0.766. The second-order valence-corrected chi connectivity index (χ2v) is 4.82. The van der Waals surface area contributed by atoms with Crippen LogP contribution in [0.1, 0.15) is 38.5 Å². The third-order valence-corrected chi connectivity index (χ3v) is 2.95. The van der Waals surface area contributed by atoms with Gasteiger partial charge in [0.2, 0.25) is 5.91 Å². The van der Waals surface area contributed by atoms with E-state index in [1.807, 2.05) is 30.3 Å². The van der Waals surface area contributed by atoms with Gasteiger partial charge in [0.25, 0.3) is 0 Å². The maximum Gasteiger partial charge on any atom is 0.303 e. The molecular formula is C16H23NO4. The van der Waals surface area contributed by atoms with Crippen LogP contribution < -0.4 is 10.1 Å². The van der Waals surface area contributed by atoms with Crippen LogP contribution in [0.25, 0.3) is 0 Å². The monoisotopic (exact) mass is 293 g/mol. The Balaban J connectivity index is 1.93. The van der Waals surface area contributed by atoms with Crippen LogP contribution in [0, 0.1) is 0 Å². The highest BCUT2D eigenvalue weighted by molar-refractivity contribution is 5.75. The van der Waals surface area contributed by atoms with Gasteiger partial charge in [0.15, 0.2) is 0 Å². The van der Waals surface area contributed by atoms with Crippen molar-refractivity contribution in [3.8, 4) is 5.75 Å². The molecule has 0 saturated heterocycles. The zero-order chi connectivity index (χ0) is 15.3. The highest BCUT2D eigenvalue weighted by atomic mass is 16.5. The minimum Gasteiger partial charge on any atom is -0.494 e. The number of carbonyl (C=O) groups excluding carboxylic acids is 1. The maximum absolute atomic E-state index is 11.5. The number of carboxylic acid groups (broad SMARTS) is 1. The molecule has 0 unspecified atom stereocenters. The first kappa shape index (κ1) is 17.0. The molecule has 1 aromatic carbocycles. The number of aliphatic carboxylic acids is 1. The van der Waals surface area contributed by atoms with Crippen LogP contribution in [-0.4, -0.2) is 30.1 Å². The number of rotatable bonds is 11. The van der Waals surface area contributed by atoms with Crippen LogP contribution in [-0.2, 0) is 9.59 Å². The van der Waals surface area contributed by atoms with Gasteiger partial charge in [0.1, 0.15) is 5.75 Å². The first-order valence-electron chi connectivity index (χ1n) is 7.35. The number of nitrogens with one attached hydrogen (secondary N) is 1. The van der Waals surface area contributed by atoms with Crippen molar-refractivity contribution in [3.63, 3.8) is 0 Å². The molecule has 5 heteroatoms. The van der Waals surface area contributed by atoms with Gasteiger partial charge < -0.3 is 15.2 Å². The number of amides is 1. The largest absolute Gasteiger partial charge is 0.494 e. The molecular weight excluding hydrogens is 270 g/mol. The Hall–Kier alpha value is -2.04. The number of carboxylic acids is 1. The summed E-state index contributed by atoms with van der Waals surface area (Å²) in [5, 5.41) is 11.3. The van der Waals surface area contributed by atoms with Crippen LogP contribution in [0.4, 0.5) is 0 Å². The van der Waals surface area contributed by atoms with Gasteiger partial charge in [-0.3, -0.25) is 9.59 Å². The normalized spacial score (nSPS) is 10.1. The van der Waals surface area contributed by atoms with Crippen LogP contribution in [0.5, 0.6) is 5.75 Å². The molecule has 0 atom stereocenters. The van der Waals surface area contributed by atoms with Crippen LogP contribution >= 0.6 is 0 Å². The Morgan fingerprint density at radius 3 is 2.48 bits per heavy atom. The summed E-state index contributed by atoms with van der Waals surface area (Å²) >= 11 is 0. The molecule has 116 valence electrons. The molecule has 0 spiro atoms. The lowest BCUT2D eigenvalue weighted by Gasteiger charge is -2.07. The molecule has 0 aliphatic rings. The molecule has 0 saturated carbocycles. The molecule has 2 N–H and O–H groups in total. The SMILES string of the molecule is O=C(O)CCCCCNC(=O)CCCOc1ccccc1. The zero-order valence-electron chi connectivity index (χ0n) is 12.2. The fraction of sp³-hybridized carbons (Fsp3) is 0.500. The second kappa shape index (κ2) is 10.7. The number of hydrogen-bond donors (Lipinski definition) is 2. The number of para-hydroxylation sites is 1. The first-order valence-corrected chi connectivity index (χ1v) is 7.35. The molecule has 0 bridgehead atoms.